The molecule has 1 aliphatic heterocycles. The lowest BCUT2D eigenvalue weighted by Crippen LogP contribution is -2.46. The highest BCUT2D eigenvalue weighted by Crippen LogP contribution is 2.10. The van der Waals surface area contributed by atoms with E-state index >= 15 is 0 Å². The fraction of sp³-hybridized carbons (Fsp3) is 0.462. The molecule has 1 aromatic carbocycles. The van der Waals surface area contributed by atoms with Gasteiger partial charge in [0.15, 0.2) is 5.11 Å². The van der Waals surface area contributed by atoms with Gasteiger partial charge in [0.05, 0.1) is 6.10 Å². The summed E-state index contributed by atoms with van der Waals surface area (Å²) < 4.78 is 0. The zero-order chi connectivity index (χ0) is 12.1. The summed E-state index contributed by atoms with van der Waals surface area (Å²) in [6.07, 6.45) is 1.66. The molecule has 0 saturated carbocycles. The molecule has 0 unspecified atom stereocenters. The number of benzene rings is 1. The minimum Gasteiger partial charge on any atom is -0.391 e. The van der Waals surface area contributed by atoms with Gasteiger partial charge in [-0.05, 0) is 30.6 Å². The predicted molar refractivity (Wildman–Crippen MR) is 72.7 cm³/mol. The van der Waals surface area contributed by atoms with Gasteiger partial charge >= 0.3 is 0 Å². The molecule has 1 fully saturated rings. The molecule has 1 aromatic rings. The second kappa shape index (κ2) is 5.98. The van der Waals surface area contributed by atoms with E-state index in [1.54, 1.807) is 0 Å². The maximum Gasteiger partial charge on any atom is 0.169 e. The molecule has 92 valence electrons. The number of hydrogen-bond acceptors (Lipinski definition) is 2. The van der Waals surface area contributed by atoms with E-state index in [1.165, 1.54) is 5.56 Å². The van der Waals surface area contributed by atoms with Crippen molar-refractivity contribution >= 4 is 17.3 Å². The lowest BCUT2D eigenvalue weighted by atomic mass is 10.1. The van der Waals surface area contributed by atoms with Crippen LogP contribution < -0.4 is 5.32 Å². The van der Waals surface area contributed by atoms with Crippen molar-refractivity contribution in [1.82, 2.24) is 10.2 Å². The van der Waals surface area contributed by atoms with Gasteiger partial charge in [-0.3, -0.25) is 0 Å². The van der Waals surface area contributed by atoms with Crippen molar-refractivity contribution in [2.24, 2.45) is 0 Å². The first-order valence-corrected chi connectivity index (χ1v) is 6.41. The van der Waals surface area contributed by atoms with Crippen LogP contribution in [0.3, 0.4) is 0 Å². The molecule has 2 rings (SSSR count). The van der Waals surface area contributed by atoms with E-state index in [4.69, 9.17) is 12.2 Å². The summed E-state index contributed by atoms with van der Waals surface area (Å²) in [5.74, 6) is 0. The molecule has 1 aliphatic rings. The summed E-state index contributed by atoms with van der Waals surface area (Å²) in [6.45, 7) is 2.34. The van der Waals surface area contributed by atoms with Crippen LogP contribution in [0.25, 0.3) is 0 Å². The van der Waals surface area contributed by atoms with Gasteiger partial charge in [0.25, 0.3) is 0 Å². The van der Waals surface area contributed by atoms with Gasteiger partial charge in [-0.15, -0.1) is 0 Å². The van der Waals surface area contributed by atoms with Crippen LogP contribution in [-0.4, -0.2) is 34.3 Å². The molecular formula is C13H18N2OS. The lowest BCUT2D eigenvalue weighted by Gasteiger charge is -2.32. The third-order valence-corrected chi connectivity index (χ3v) is 3.37. The number of thiocarbonyl (C=S) groups is 1. The fourth-order valence-corrected chi connectivity index (χ4v) is 2.26. The number of aliphatic hydroxyl groups excluding tert-OH is 1. The van der Waals surface area contributed by atoms with Gasteiger partial charge in [0, 0.05) is 19.6 Å². The summed E-state index contributed by atoms with van der Waals surface area (Å²) in [4.78, 5) is 2.05. The number of β-amino-alcohol motifs (C(OH)–C–C–N with tert-alkyl or cyclic N) is 1. The smallest absolute Gasteiger partial charge is 0.169 e. The monoisotopic (exact) mass is 250 g/mol. The third kappa shape index (κ3) is 3.68. The van der Waals surface area contributed by atoms with Gasteiger partial charge < -0.3 is 15.3 Å². The molecule has 0 bridgehead atoms. The Labute approximate surface area is 107 Å². The molecule has 0 amide bonds. The number of piperidine rings is 1. The number of rotatable bonds is 2. The molecule has 4 heteroatoms. The van der Waals surface area contributed by atoms with Crippen molar-refractivity contribution in [3.8, 4) is 0 Å². The summed E-state index contributed by atoms with van der Waals surface area (Å²) in [7, 11) is 0. The first-order chi connectivity index (χ1) is 8.25. The number of nitrogens with one attached hydrogen (secondary N) is 1. The number of nitrogens with zero attached hydrogens (tertiary/aromatic N) is 1. The molecule has 0 radical (unpaired) electrons. The first-order valence-electron chi connectivity index (χ1n) is 6.00. The molecule has 1 atom stereocenters. The summed E-state index contributed by atoms with van der Waals surface area (Å²) in [6, 6.07) is 10.2. The molecule has 1 saturated heterocycles. The van der Waals surface area contributed by atoms with Crippen molar-refractivity contribution in [1.29, 1.82) is 0 Å². The Balaban J connectivity index is 1.81. The maximum atomic E-state index is 9.58. The minimum atomic E-state index is -0.236. The van der Waals surface area contributed by atoms with Crippen molar-refractivity contribution < 1.29 is 5.11 Å². The average Bonchev–Trinajstić information content (AvgIpc) is 2.37. The Kier molecular flexibility index (Phi) is 4.34. The molecule has 3 nitrogen and oxygen atoms in total. The van der Waals surface area contributed by atoms with E-state index in [1.807, 2.05) is 23.1 Å². The third-order valence-electron chi connectivity index (χ3n) is 2.97. The maximum absolute atomic E-state index is 9.58. The highest BCUT2D eigenvalue weighted by Gasteiger charge is 2.19. The van der Waals surface area contributed by atoms with Gasteiger partial charge in [-0.1, -0.05) is 30.3 Å². The van der Waals surface area contributed by atoms with Crippen LogP contribution in [0.15, 0.2) is 30.3 Å². The van der Waals surface area contributed by atoms with Gasteiger partial charge in [-0.2, -0.15) is 0 Å². The zero-order valence-electron chi connectivity index (χ0n) is 9.80. The second-order valence-electron chi connectivity index (χ2n) is 4.39. The topological polar surface area (TPSA) is 35.5 Å². The molecule has 1 heterocycles. The van der Waals surface area contributed by atoms with Crippen LogP contribution in [0.5, 0.6) is 0 Å². The van der Waals surface area contributed by atoms with Crippen molar-refractivity contribution in [2.75, 3.05) is 13.1 Å². The normalized spacial score (nSPS) is 20.1. The number of aliphatic hydroxyl groups is 1. The number of likely N-dealkylation sites (tertiary alicyclic amines) is 1. The summed E-state index contributed by atoms with van der Waals surface area (Å²) in [5, 5.41) is 13.6. The largest absolute Gasteiger partial charge is 0.391 e. The summed E-state index contributed by atoms with van der Waals surface area (Å²) in [5.41, 5.74) is 1.22. The van der Waals surface area contributed by atoms with Crippen LogP contribution >= 0.6 is 12.2 Å². The Hall–Kier alpha value is -1.13. The van der Waals surface area contributed by atoms with E-state index in [0.29, 0.717) is 6.54 Å². The highest BCUT2D eigenvalue weighted by molar-refractivity contribution is 7.80. The molecule has 0 aromatic heterocycles. The van der Waals surface area contributed by atoms with Gasteiger partial charge in [0.2, 0.25) is 0 Å². The van der Waals surface area contributed by atoms with Crippen LogP contribution in [-0.2, 0) is 6.54 Å². The van der Waals surface area contributed by atoms with Gasteiger partial charge in [-0.25, -0.2) is 0 Å². The van der Waals surface area contributed by atoms with Crippen molar-refractivity contribution in [3.05, 3.63) is 35.9 Å². The minimum absolute atomic E-state index is 0.236. The van der Waals surface area contributed by atoms with Crippen LogP contribution in [0, 0.1) is 0 Å². The molecule has 2 N–H and O–H groups in total. The molecule has 0 aliphatic carbocycles. The van der Waals surface area contributed by atoms with E-state index in [2.05, 4.69) is 17.4 Å². The molecule has 0 spiro atoms. The first kappa shape index (κ1) is 12.3. The predicted octanol–water partition coefficient (Wildman–Crippen LogP) is 1.52. The Morgan fingerprint density at radius 2 is 2.18 bits per heavy atom. The van der Waals surface area contributed by atoms with Crippen LogP contribution in [0.4, 0.5) is 0 Å². The SMILES string of the molecule is O[C@H]1CCCN(C(=S)NCc2ccccc2)C1. The highest BCUT2D eigenvalue weighted by atomic mass is 32.1. The van der Waals surface area contributed by atoms with Crippen molar-refractivity contribution in [3.63, 3.8) is 0 Å². The van der Waals surface area contributed by atoms with Crippen molar-refractivity contribution in [2.45, 2.75) is 25.5 Å². The average molecular weight is 250 g/mol. The Morgan fingerprint density at radius 3 is 2.88 bits per heavy atom. The van der Waals surface area contributed by atoms with Crippen LogP contribution in [0.1, 0.15) is 18.4 Å². The standard InChI is InChI=1S/C13H18N2OS/c16-12-7-4-8-15(10-12)13(17)14-9-11-5-2-1-3-6-11/h1-3,5-6,12,16H,4,7-10H2,(H,14,17)/t12-/m0/s1. The quantitative estimate of drug-likeness (QED) is 0.780. The van der Waals surface area contributed by atoms with E-state index in [-0.39, 0.29) is 6.10 Å². The van der Waals surface area contributed by atoms with Crippen LogP contribution in [0.2, 0.25) is 0 Å². The molecular weight excluding hydrogens is 232 g/mol. The van der Waals surface area contributed by atoms with Gasteiger partial charge in [0.1, 0.15) is 0 Å². The lowest BCUT2D eigenvalue weighted by molar-refractivity contribution is 0.103. The van der Waals surface area contributed by atoms with E-state index < -0.39 is 0 Å². The second-order valence-corrected chi connectivity index (χ2v) is 4.77. The Morgan fingerprint density at radius 1 is 1.41 bits per heavy atom. The zero-order valence-corrected chi connectivity index (χ0v) is 10.6. The van der Waals surface area contributed by atoms with E-state index in [0.717, 1.165) is 31.0 Å². The number of hydrogen-bond donors (Lipinski definition) is 2. The fourth-order valence-electron chi connectivity index (χ4n) is 2.02. The summed E-state index contributed by atoms with van der Waals surface area (Å²) >= 11 is 5.33. The van der Waals surface area contributed by atoms with E-state index in [9.17, 15) is 5.11 Å². The molecule has 17 heavy (non-hydrogen) atoms. The Bertz CT molecular complexity index is 369.